The van der Waals surface area contributed by atoms with Crippen molar-refractivity contribution in [2.75, 3.05) is 11.4 Å². The third kappa shape index (κ3) is 3.10. The van der Waals surface area contributed by atoms with E-state index in [9.17, 15) is 18.0 Å². The fourth-order valence-corrected chi connectivity index (χ4v) is 4.22. The number of nitrogens with zero attached hydrogens (tertiary/aromatic N) is 4. The zero-order valence-electron chi connectivity index (χ0n) is 16.9. The lowest BCUT2D eigenvalue weighted by molar-refractivity contribution is -0.137. The van der Waals surface area contributed by atoms with Gasteiger partial charge in [-0.15, -0.1) is 0 Å². The lowest BCUT2D eigenvalue weighted by Gasteiger charge is -2.33. The molecule has 1 aliphatic rings. The Morgan fingerprint density at radius 1 is 1.06 bits per heavy atom. The van der Waals surface area contributed by atoms with Gasteiger partial charge in [0.15, 0.2) is 0 Å². The number of amides is 1. The summed E-state index contributed by atoms with van der Waals surface area (Å²) in [5.74, 6) is -0.232. The molecule has 4 aromatic rings. The van der Waals surface area contributed by atoms with Crippen molar-refractivity contribution in [1.82, 2.24) is 14.3 Å². The third-order valence-corrected chi connectivity index (χ3v) is 5.85. The molecule has 0 bridgehead atoms. The van der Waals surface area contributed by atoms with Crippen molar-refractivity contribution in [3.63, 3.8) is 0 Å². The van der Waals surface area contributed by atoms with Crippen molar-refractivity contribution in [3.05, 3.63) is 72.2 Å². The van der Waals surface area contributed by atoms with Crippen LogP contribution in [0.25, 0.3) is 22.0 Å². The van der Waals surface area contributed by atoms with E-state index in [1.54, 1.807) is 15.8 Å². The van der Waals surface area contributed by atoms with Gasteiger partial charge in [0.2, 0.25) is 0 Å². The molecule has 0 spiro atoms. The lowest BCUT2D eigenvalue weighted by atomic mass is 10.0. The van der Waals surface area contributed by atoms with Crippen molar-refractivity contribution in [2.24, 2.45) is 7.05 Å². The number of alkyl halides is 3. The zero-order chi connectivity index (χ0) is 21.9. The Bertz CT molecular complexity index is 1300. The molecule has 3 heterocycles. The van der Waals surface area contributed by atoms with Gasteiger partial charge in [0.25, 0.3) is 5.91 Å². The van der Waals surface area contributed by atoms with E-state index in [1.165, 1.54) is 12.1 Å². The van der Waals surface area contributed by atoms with Gasteiger partial charge in [0, 0.05) is 42.5 Å². The number of hydrogen-bond donors (Lipinski definition) is 0. The van der Waals surface area contributed by atoms with Gasteiger partial charge in [-0.2, -0.15) is 18.3 Å². The number of benzene rings is 2. The second-order valence-electron chi connectivity index (χ2n) is 7.84. The number of rotatable bonds is 2. The molecule has 0 fully saturated rings. The summed E-state index contributed by atoms with van der Waals surface area (Å²) in [6.45, 7) is 2.37. The van der Waals surface area contributed by atoms with Crippen LogP contribution in [0, 0.1) is 0 Å². The molecule has 5 nitrogen and oxygen atoms in total. The summed E-state index contributed by atoms with van der Waals surface area (Å²) in [4.78, 5) is 15.0. The highest BCUT2D eigenvalue weighted by Crippen LogP contribution is 2.36. The molecule has 0 unspecified atom stereocenters. The summed E-state index contributed by atoms with van der Waals surface area (Å²) in [6.07, 6.45) is -0.740. The fourth-order valence-electron chi connectivity index (χ4n) is 4.22. The van der Waals surface area contributed by atoms with Gasteiger partial charge in [0.05, 0.1) is 17.3 Å². The Kier molecular flexibility index (Phi) is 4.22. The van der Waals surface area contributed by atoms with E-state index in [2.05, 4.69) is 5.10 Å². The van der Waals surface area contributed by atoms with Gasteiger partial charge in [-0.25, -0.2) is 0 Å². The summed E-state index contributed by atoms with van der Waals surface area (Å²) in [5, 5.41) is 5.23. The number of carbonyl (C=O) groups is 1. The molecular formula is C23H19F3N4O. The number of aryl methyl sites for hydroxylation is 1. The molecule has 0 aliphatic carbocycles. The Balaban J connectivity index is 1.56. The van der Waals surface area contributed by atoms with Crippen molar-refractivity contribution < 1.29 is 18.0 Å². The molecule has 1 amide bonds. The molecule has 158 valence electrons. The van der Waals surface area contributed by atoms with Crippen LogP contribution in [0.3, 0.4) is 0 Å². The second kappa shape index (κ2) is 6.73. The lowest BCUT2D eigenvalue weighted by Crippen LogP contribution is -2.42. The maximum absolute atomic E-state index is 13.4. The van der Waals surface area contributed by atoms with E-state index in [4.69, 9.17) is 0 Å². The van der Waals surface area contributed by atoms with Crippen LogP contribution in [0.1, 0.15) is 29.0 Å². The predicted octanol–water partition coefficient (Wildman–Crippen LogP) is 5.28. The molecule has 1 aliphatic heterocycles. The number of carbonyl (C=O) groups excluding carboxylic acids is 1. The molecule has 2 aromatic carbocycles. The number of hydrogen-bond acceptors (Lipinski definition) is 2. The maximum Gasteiger partial charge on any atom is 0.416 e. The Hall–Kier alpha value is -3.55. The van der Waals surface area contributed by atoms with Crippen LogP contribution in [0.2, 0.25) is 0 Å². The zero-order valence-corrected chi connectivity index (χ0v) is 16.9. The highest BCUT2D eigenvalue weighted by molar-refractivity contribution is 6.10. The van der Waals surface area contributed by atoms with Gasteiger partial charge in [0.1, 0.15) is 5.69 Å². The van der Waals surface area contributed by atoms with Crippen LogP contribution in [-0.2, 0) is 13.2 Å². The minimum absolute atomic E-state index is 0.0223. The summed E-state index contributed by atoms with van der Waals surface area (Å²) >= 11 is 0. The second-order valence-corrected chi connectivity index (χ2v) is 7.84. The van der Waals surface area contributed by atoms with Gasteiger partial charge in [-0.3, -0.25) is 9.48 Å². The first kappa shape index (κ1) is 19.4. The van der Waals surface area contributed by atoms with E-state index in [1.807, 2.05) is 49.0 Å². The van der Waals surface area contributed by atoms with E-state index in [-0.39, 0.29) is 11.9 Å². The molecule has 5 rings (SSSR count). The van der Waals surface area contributed by atoms with Crippen molar-refractivity contribution in [2.45, 2.75) is 19.1 Å². The van der Waals surface area contributed by atoms with E-state index >= 15 is 0 Å². The van der Waals surface area contributed by atoms with Crippen LogP contribution in [0.5, 0.6) is 0 Å². The number of halogens is 3. The van der Waals surface area contributed by atoms with Gasteiger partial charge >= 0.3 is 6.18 Å². The van der Waals surface area contributed by atoms with Crippen LogP contribution >= 0.6 is 0 Å². The average Bonchev–Trinajstić information content (AvgIpc) is 3.35. The average molecular weight is 424 g/mol. The maximum atomic E-state index is 13.4. The highest BCUT2D eigenvalue weighted by Gasteiger charge is 2.34. The van der Waals surface area contributed by atoms with Crippen LogP contribution in [0.15, 0.2) is 60.9 Å². The SMILES string of the molecule is C[C@H]1CN(c2ccc(C(F)(F)F)cc2)C(=O)c2c(-c3ccc4c(cnn4C)c3)ccn21. The molecule has 2 aromatic heterocycles. The van der Waals surface area contributed by atoms with Crippen molar-refractivity contribution >= 4 is 22.5 Å². The van der Waals surface area contributed by atoms with Crippen molar-refractivity contribution in [3.8, 4) is 11.1 Å². The predicted molar refractivity (Wildman–Crippen MR) is 112 cm³/mol. The first-order chi connectivity index (χ1) is 14.7. The Morgan fingerprint density at radius 3 is 2.52 bits per heavy atom. The number of anilines is 1. The minimum Gasteiger partial charge on any atom is -0.338 e. The summed E-state index contributed by atoms with van der Waals surface area (Å²) in [5.41, 5.74) is 2.92. The Labute approximate surface area is 176 Å². The molecule has 0 radical (unpaired) electrons. The van der Waals surface area contributed by atoms with Crippen molar-refractivity contribution in [1.29, 1.82) is 0 Å². The molecule has 31 heavy (non-hydrogen) atoms. The van der Waals surface area contributed by atoms with E-state index in [0.717, 1.165) is 34.2 Å². The first-order valence-corrected chi connectivity index (χ1v) is 9.86. The van der Waals surface area contributed by atoms with Gasteiger partial charge in [-0.05, 0) is 55.0 Å². The van der Waals surface area contributed by atoms with E-state index in [0.29, 0.717) is 17.9 Å². The largest absolute Gasteiger partial charge is 0.416 e. The van der Waals surface area contributed by atoms with Gasteiger partial charge in [-0.1, -0.05) is 6.07 Å². The molecule has 0 saturated carbocycles. The minimum atomic E-state index is -4.41. The molecule has 0 saturated heterocycles. The molecule has 0 N–H and O–H groups in total. The molecule has 1 atom stereocenters. The monoisotopic (exact) mass is 424 g/mol. The highest BCUT2D eigenvalue weighted by atomic mass is 19.4. The third-order valence-electron chi connectivity index (χ3n) is 5.85. The smallest absolute Gasteiger partial charge is 0.338 e. The topological polar surface area (TPSA) is 43.1 Å². The van der Waals surface area contributed by atoms with Crippen LogP contribution in [0.4, 0.5) is 18.9 Å². The van der Waals surface area contributed by atoms with Crippen LogP contribution in [-0.4, -0.2) is 26.8 Å². The quantitative estimate of drug-likeness (QED) is 0.439. The number of fused-ring (bicyclic) bond motifs is 2. The molecular weight excluding hydrogens is 405 g/mol. The van der Waals surface area contributed by atoms with Crippen LogP contribution < -0.4 is 4.90 Å². The number of aromatic nitrogens is 3. The fraction of sp³-hybridized carbons (Fsp3) is 0.217. The Morgan fingerprint density at radius 2 is 1.81 bits per heavy atom. The van der Waals surface area contributed by atoms with Gasteiger partial charge < -0.3 is 9.47 Å². The standard InChI is InChI=1S/C23H19F3N4O/c1-14-13-30(18-6-4-17(5-7-18)23(24,25)26)22(31)21-19(9-10-29(14)21)15-3-8-20-16(11-15)12-27-28(20)2/h3-12,14H,13H2,1-2H3/t14-/m0/s1. The first-order valence-electron chi connectivity index (χ1n) is 9.86. The summed E-state index contributed by atoms with van der Waals surface area (Å²) in [6, 6.07) is 12.5. The summed E-state index contributed by atoms with van der Waals surface area (Å²) < 4.78 is 42.5. The summed E-state index contributed by atoms with van der Waals surface area (Å²) in [7, 11) is 1.87. The molecule has 8 heteroatoms. The van der Waals surface area contributed by atoms with E-state index < -0.39 is 11.7 Å². The normalized spacial score (nSPS) is 16.7.